The standard InChI is InChI=1S/C17H24FNO/c1-11(15-9-12-6-7-13(15)8-12)19-10-14-4-3-5-16(20-2)17(14)18/h3-5,11-13,15,19H,6-10H2,1-2H3. The van der Waals surface area contributed by atoms with Crippen LogP contribution in [0.2, 0.25) is 0 Å². The number of methoxy groups -OCH3 is 1. The summed E-state index contributed by atoms with van der Waals surface area (Å²) in [6.45, 7) is 2.83. The second kappa shape index (κ2) is 5.72. The molecule has 0 heterocycles. The van der Waals surface area contributed by atoms with Crippen molar-refractivity contribution in [2.24, 2.45) is 17.8 Å². The van der Waals surface area contributed by atoms with Crippen LogP contribution in [0.3, 0.4) is 0 Å². The summed E-state index contributed by atoms with van der Waals surface area (Å²) in [5.41, 5.74) is 0.694. The van der Waals surface area contributed by atoms with Crippen LogP contribution in [0.4, 0.5) is 4.39 Å². The number of benzene rings is 1. The topological polar surface area (TPSA) is 21.3 Å². The number of rotatable bonds is 5. The van der Waals surface area contributed by atoms with Crippen LogP contribution < -0.4 is 10.1 Å². The lowest BCUT2D eigenvalue weighted by Crippen LogP contribution is -2.36. The van der Waals surface area contributed by atoms with Crippen LogP contribution >= 0.6 is 0 Å². The molecular formula is C17H24FNO. The number of ether oxygens (including phenoxy) is 1. The van der Waals surface area contributed by atoms with Crippen LogP contribution in [0.15, 0.2) is 18.2 Å². The molecule has 1 N–H and O–H groups in total. The highest BCUT2D eigenvalue weighted by Gasteiger charge is 2.41. The van der Waals surface area contributed by atoms with E-state index in [1.54, 1.807) is 6.07 Å². The van der Waals surface area contributed by atoms with Gasteiger partial charge in [-0.25, -0.2) is 4.39 Å². The van der Waals surface area contributed by atoms with Gasteiger partial charge in [0.2, 0.25) is 0 Å². The van der Waals surface area contributed by atoms with Gasteiger partial charge in [-0.15, -0.1) is 0 Å². The Balaban J connectivity index is 1.59. The lowest BCUT2D eigenvalue weighted by Gasteiger charge is -2.28. The molecule has 110 valence electrons. The van der Waals surface area contributed by atoms with Gasteiger partial charge < -0.3 is 10.1 Å². The molecule has 20 heavy (non-hydrogen) atoms. The summed E-state index contributed by atoms with van der Waals surface area (Å²) >= 11 is 0. The first kappa shape index (κ1) is 13.9. The highest BCUT2D eigenvalue weighted by atomic mass is 19.1. The Bertz CT molecular complexity index is 476. The molecule has 4 unspecified atom stereocenters. The van der Waals surface area contributed by atoms with Gasteiger partial charge in [-0.1, -0.05) is 18.6 Å². The third kappa shape index (κ3) is 2.56. The van der Waals surface area contributed by atoms with Crippen LogP contribution in [-0.2, 0) is 6.54 Å². The lowest BCUT2D eigenvalue weighted by molar-refractivity contribution is 0.258. The second-order valence-corrected chi connectivity index (χ2v) is 6.44. The second-order valence-electron chi connectivity index (χ2n) is 6.44. The Morgan fingerprint density at radius 2 is 2.20 bits per heavy atom. The van der Waals surface area contributed by atoms with Crippen molar-refractivity contribution in [1.29, 1.82) is 0 Å². The molecule has 2 fully saturated rings. The fraction of sp³-hybridized carbons (Fsp3) is 0.647. The normalized spacial score (nSPS) is 29.6. The minimum absolute atomic E-state index is 0.234. The molecule has 1 aromatic carbocycles. The van der Waals surface area contributed by atoms with Crippen molar-refractivity contribution in [3.63, 3.8) is 0 Å². The minimum Gasteiger partial charge on any atom is -0.494 e. The Hall–Kier alpha value is -1.09. The van der Waals surface area contributed by atoms with Gasteiger partial charge in [0.05, 0.1) is 7.11 Å². The molecule has 2 aliphatic rings. The predicted molar refractivity (Wildman–Crippen MR) is 78.2 cm³/mol. The maximum Gasteiger partial charge on any atom is 0.169 e. The van der Waals surface area contributed by atoms with Gasteiger partial charge in [0.25, 0.3) is 0 Å². The highest BCUT2D eigenvalue weighted by molar-refractivity contribution is 5.30. The van der Waals surface area contributed by atoms with Crippen LogP contribution in [0, 0.1) is 23.6 Å². The highest BCUT2D eigenvalue weighted by Crippen LogP contribution is 2.49. The quantitative estimate of drug-likeness (QED) is 0.885. The lowest BCUT2D eigenvalue weighted by atomic mass is 9.84. The van der Waals surface area contributed by atoms with E-state index in [9.17, 15) is 4.39 Å². The Labute approximate surface area is 120 Å². The molecule has 0 spiro atoms. The molecule has 2 nitrogen and oxygen atoms in total. The van der Waals surface area contributed by atoms with E-state index in [-0.39, 0.29) is 5.82 Å². The zero-order valence-electron chi connectivity index (χ0n) is 12.4. The zero-order chi connectivity index (χ0) is 14.1. The van der Waals surface area contributed by atoms with Crippen molar-refractivity contribution < 1.29 is 9.13 Å². The van der Waals surface area contributed by atoms with Gasteiger partial charge >= 0.3 is 0 Å². The fourth-order valence-electron chi connectivity index (χ4n) is 4.18. The Morgan fingerprint density at radius 3 is 2.85 bits per heavy atom. The molecule has 0 amide bonds. The van der Waals surface area contributed by atoms with Crippen molar-refractivity contribution in [2.45, 2.75) is 45.2 Å². The molecule has 2 bridgehead atoms. The average molecular weight is 277 g/mol. The molecule has 2 aliphatic carbocycles. The van der Waals surface area contributed by atoms with E-state index < -0.39 is 0 Å². The van der Waals surface area contributed by atoms with Crippen LogP contribution in [-0.4, -0.2) is 13.2 Å². The van der Waals surface area contributed by atoms with E-state index in [2.05, 4.69) is 12.2 Å². The molecule has 0 aromatic heterocycles. The number of nitrogens with one attached hydrogen (secondary N) is 1. The zero-order valence-corrected chi connectivity index (χ0v) is 12.4. The smallest absolute Gasteiger partial charge is 0.169 e. The minimum atomic E-state index is -0.234. The van der Waals surface area contributed by atoms with Gasteiger partial charge in [0.1, 0.15) is 0 Å². The first-order valence-electron chi connectivity index (χ1n) is 7.73. The summed E-state index contributed by atoms with van der Waals surface area (Å²) in [6, 6.07) is 5.81. The molecule has 0 radical (unpaired) electrons. The average Bonchev–Trinajstić information content (AvgIpc) is 3.08. The van der Waals surface area contributed by atoms with Crippen LogP contribution in [0.25, 0.3) is 0 Å². The predicted octanol–water partition coefficient (Wildman–Crippen LogP) is 3.75. The maximum absolute atomic E-state index is 14.1. The largest absolute Gasteiger partial charge is 0.494 e. The fourth-order valence-corrected chi connectivity index (χ4v) is 4.18. The van der Waals surface area contributed by atoms with E-state index in [0.717, 1.165) is 17.8 Å². The van der Waals surface area contributed by atoms with Gasteiger partial charge in [-0.3, -0.25) is 0 Å². The summed E-state index contributed by atoms with van der Waals surface area (Å²) in [4.78, 5) is 0. The number of halogens is 1. The van der Waals surface area contributed by atoms with E-state index in [0.29, 0.717) is 23.9 Å². The van der Waals surface area contributed by atoms with Gasteiger partial charge in [0.15, 0.2) is 11.6 Å². The van der Waals surface area contributed by atoms with E-state index in [4.69, 9.17) is 4.74 Å². The maximum atomic E-state index is 14.1. The van der Waals surface area contributed by atoms with E-state index >= 15 is 0 Å². The van der Waals surface area contributed by atoms with Crippen LogP contribution in [0.1, 0.15) is 38.2 Å². The Morgan fingerprint density at radius 1 is 1.35 bits per heavy atom. The van der Waals surface area contributed by atoms with E-state index in [1.807, 2.05) is 12.1 Å². The summed E-state index contributed by atoms with van der Waals surface area (Å²) in [5.74, 6) is 2.74. The molecule has 4 atom stereocenters. The molecule has 2 saturated carbocycles. The first-order chi connectivity index (χ1) is 9.69. The van der Waals surface area contributed by atoms with Crippen molar-refractivity contribution in [3.8, 4) is 5.75 Å². The number of hydrogen-bond acceptors (Lipinski definition) is 2. The summed E-state index contributed by atoms with van der Waals surface area (Å²) in [6.07, 6.45) is 5.61. The summed E-state index contributed by atoms with van der Waals surface area (Å²) < 4.78 is 19.1. The molecule has 1 aromatic rings. The molecule has 3 heteroatoms. The number of fused-ring (bicyclic) bond motifs is 2. The van der Waals surface area contributed by atoms with Gasteiger partial charge in [-0.05, 0) is 50.0 Å². The molecule has 3 rings (SSSR count). The third-order valence-electron chi connectivity index (χ3n) is 5.31. The van der Waals surface area contributed by atoms with Crippen molar-refractivity contribution in [3.05, 3.63) is 29.6 Å². The monoisotopic (exact) mass is 277 g/mol. The van der Waals surface area contributed by atoms with Gasteiger partial charge in [0, 0.05) is 18.2 Å². The third-order valence-corrected chi connectivity index (χ3v) is 5.31. The van der Waals surface area contributed by atoms with E-state index in [1.165, 1.54) is 32.8 Å². The summed E-state index contributed by atoms with van der Waals surface area (Å²) in [5, 5.41) is 3.52. The van der Waals surface area contributed by atoms with Crippen molar-refractivity contribution in [2.75, 3.05) is 7.11 Å². The Kier molecular flexibility index (Phi) is 3.97. The first-order valence-corrected chi connectivity index (χ1v) is 7.73. The molecular weight excluding hydrogens is 253 g/mol. The SMILES string of the molecule is COc1cccc(CNC(C)C2CC3CCC2C3)c1F. The van der Waals surface area contributed by atoms with Crippen LogP contribution in [0.5, 0.6) is 5.75 Å². The molecule has 0 saturated heterocycles. The van der Waals surface area contributed by atoms with Gasteiger partial charge in [-0.2, -0.15) is 0 Å². The molecule has 0 aliphatic heterocycles. The van der Waals surface area contributed by atoms with Crippen molar-refractivity contribution in [1.82, 2.24) is 5.32 Å². The summed E-state index contributed by atoms with van der Waals surface area (Å²) in [7, 11) is 1.51. The van der Waals surface area contributed by atoms with Crippen molar-refractivity contribution >= 4 is 0 Å². The number of hydrogen-bond donors (Lipinski definition) is 1.